The first kappa shape index (κ1) is 16.2. The second-order valence-electron chi connectivity index (χ2n) is 5.93. The number of hydrogen-bond acceptors (Lipinski definition) is 5. The summed E-state index contributed by atoms with van der Waals surface area (Å²) in [6, 6.07) is 11.3. The van der Waals surface area contributed by atoms with Crippen LogP contribution in [0, 0.1) is 12.7 Å². The Bertz CT molecular complexity index is 957. The third-order valence-corrected chi connectivity index (χ3v) is 4.13. The minimum atomic E-state index is -0.500. The van der Waals surface area contributed by atoms with E-state index in [0.29, 0.717) is 31.3 Å². The monoisotopic (exact) mass is 353 g/mol. The van der Waals surface area contributed by atoms with Gasteiger partial charge in [0.05, 0.1) is 18.4 Å². The van der Waals surface area contributed by atoms with Gasteiger partial charge in [-0.2, -0.15) is 0 Å². The van der Waals surface area contributed by atoms with Crippen LogP contribution in [0.15, 0.2) is 42.6 Å². The Morgan fingerprint density at radius 3 is 2.81 bits per heavy atom. The zero-order valence-electron chi connectivity index (χ0n) is 14.1. The number of benzene rings is 1. The van der Waals surface area contributed by atoms with Crippen LogP contribution in [0.25, 0.3) is 0 Å². The van der Waals surface area contributed by atoms with Gasteiger partial charge in [0.2, 0.25) is 11.8 Å². The van der Waals surface area contributed by atoms with Crippen molar-refractivity contribution in [3.8, 4) is 5.88 Å². The van der Waals surface area contributed by atoms with Crippen molar-refractivity contribution in [2.75, 3.05) is 11.4 Å². The molecule has 2 aromatic heterocycles. The van der Waals surface area contributed by atoms with Gasteiger partial charge in [-0.15, -0.1) is 5.10 Å². The van der Waals surface area contributed by atoms with Crippen molar-refractivity contribution in [3.05, 3.63) is 65.4 Å². The maximum atomic E-state index is 13.4. The summed E-state index contributed by atoms with van der Waals surface area (Å²) in [5.41, 5.74) is 1.61. The molecule has 0 aliphatic carbocycles. The molecule has 7 nitrogen and oxygen atoms in total. The van der Waals surface area contributed by atoms with E-state index in [2.05, 4.69) is 15.1 Å². The first-order chi connectivity index (χ1) is 12.6. The lowest BCUT2D eigenvalue weighted by Gasteiger charge is -2.25. The molecule has 0 unspecified atom stereocenters. The minimum absolute atomic E-state index is 0.188. The van der Waals surface area contributed by atoms with Crippen molar-refractivity contribution < 1.29 is 13.9 Å². The number of ether oxygens (including phenoxy) is 1. The van der Waals surface area contributed by atoms with Crippen molar-refractivity contribution in [2.24, 2.45) is 0 Å². The highest BCUT2D eigenvalue weighted by molar-refractivity contribution is 6.04. The second kappa shape index (κ2) is 6.55. The maximum absolute atomic E-state index is 13.4. The predicted octanol–water partition coefficient (Wildman–Crippen LogP) is 2.36. The average Bonchev–Trinajstić information content (AvgIpc) is 3.08. The predicted molar refractivity (Wildman–Crippen MR) is 91.4 cm³/mol. The van der Waals surface area contributed by atoms with Crippen molar-refractivity contribution in [2.45, 2.75) is 20.1 Å². The molecule has 8 heteroatoms. The summed E-state index contributed by atoms with van der Waals surface area (Å²) in [6.45, 7) is 2.75. The molecule has 0 saturated heterocycles. The number of rotatable bonds is 4. The van der Waals surface area contributed by atoms with Gasteiger partial charge in [0.25, 0.3) is 5.91 Å². The average molecular weight is 353 g/mol. The van der Waals surface area contributed by atoms with Gasteiger partial charge in [0.1, 0.15) is 12.3 Å². The second-order valence-corrected chi connectivity index (χ2v) is 5.93. The Kier molecular flexibility index (Phi) is 4.08. The largest absolute Gasteiger partial charge is 0.472 e. The van der Waals surface area contributed by atoms with E-state index in [-0.39, 0.29) is 17.5 Å². The van der Waals surface area contributed by atoms with Crippen LogP contribution in [0.4, 0.5) is 10.3 Å². The van der Waals surface area contributed by atoms with Crippen LogP contribution in [0.1, 0.15) is 21.7 Å². The molecule has 0 saturated carbocycles. The molecule has 132 valence electrons. The van der Waals surface area contributed by atoms with Crippen molar-refractivity contribution in [1.82, 2.24) is 19.7 Å². The number of halogens is 1. The van der Waals surface area contributed by atoms with Crippen molar-refractivity contribution in [3.63, 3.8) is 0 Å². The molecule has 3 aromatic rings. The molecular weight excluding hydrogens is 337 g/mol. The molecule has 1 aliphatic rings. The molecule has 1 aromatic carbocycles. The SMILES string of the molecule is Cc1nc(N2CCn3nc(OCc4ccccc4)cc3C2=O)ncc1F. The zero-order valence-corrected chi connectivity index (χ0v) is 14.1. The van der Waals surface area contributed by atoms with Gasteiger partial charge >= 0.3 is 0 Å². The number of aromatic nitrogens is 4. The van der Waals surface area contributed by atoms with Crippen molar-refractivity contribution in [1.29, 1.82) is 0 Å². The van der Waals surface area contributed by atoms with E-state index in [1.165, 1.54) is 11.8 Å². The molecule has 1 aliphatic heterocycles. The van der Waals surface area contributed by atoms with E-state index in [9.17, 15) is 9.18 Å². The van der Waals surface area contributed by atoms with Crippen LogP contribution in [-0.2, 0) is 13.2 Å². The first-order valence-corrected chi connectivity index (χ1v) is 8.17. The summed E-state index contributed by atoms with van der Waals surface area (Å²) >= 11 is 0. The summed E-state index contributed by atoms with van der Waals surface area (Å²) < 4.78 is 20.7. The number of nitrogens with zero attached hydrogens (tertiary/aromatic N) is 5. The summed E-state index contributed by atoms with van der Waals surface area (Å²) in [7, 11) is 0. The van der Waals surface area contributed by atoms with Gasteiger partial charge in [0, 0.05) is 12.6 Å². The minimum Gasteiger partial charge on any atom is -0.472 e. The van der Waals surface area contributed by atoms with E-state index in [1.54, 1.807) is 10.7 Å². The third kappa shape index (κ3) is 3.01. The van der Waals surface area contributed by atoms with Gasteiger partial charge in [0.15, 0.2) is 5.82 Å². The molecule has 0 atom stereocenters. The fraction of sp³-hybridized carbons (Fsp3) is 0.222. The summed E-state index contributed by atoms with van der Waals surface area (Å²) in [5.74, 6) is -0.215. The van der Waals surface area contributed by atoms with E-state index in [0.717, 1.165) is 11.8 Å². The van der Waals surface area contributed by atoms with Crippen LogP contribution >= 0.6 is 0 Å². The van der Waals surface area contributed by atoms with Gasteiger partial charge in [-0.25, -0.2) is 14.4 Å². The first-order valence-electron chi connectivity index (χ1n) is 8.17. The van der Waals surface area contributed by atoms with E-state index < -0.39 is 5.82 Å². The number of anilines is 1. The third-order valence-electron chi connectivity index (χ3n) is 4.13. The highest BCUT2D eigenvalue weighted by atomic mass is 19.1. The summed E-state index contributed by atoms with van der Waals surface area (Å²) in [4.78, 5) is 22.1. The number of amides is 1. The highest BCUT2D eigenvalue weighted by Gasteiger charge is 2.29. The lowest BCUT2D eigenvalue weighted by atomic mass is 10.2. The Morgan fingerprint density at radius 1 is 1.23 bits per heavy atom. The fourth-order valence-electron chi connectivity index (χ4n) is 2.73. The standard InChI is InChI=1S/C18H16FN5O2/c1-12-14(19)10-20-18(21-12)23-7-8-24-15(17(23)25)9-16(22-24)26-11-13-5-3-2-4-6-13/h2-6,9-10H,7-8,11H2,1H3. The van der Waals surface area contributed by atoms with E-state index in [4.69, 9.17) is 4.74 Å². The summed E-state index contributed by atoms with van der Waals surface area (Å²) in [5, 5.41) is 4.32. The van der Waals surface area contributed by atoms with Crippen LogP contribution in [0.3, 0.4) is 0 Å². The zero-order chi connectivity index (χ0) is 18.1. The molecule has 3 heterocycles. The Hall–Kier alpha value is -3.29. The fourth-order valence-corrected chi connectivity index (χ4v) is 2.73. The van der Waals surface area contributed by atoms with E-state index in [1.807, 2.05) is 30.3 Å². The lowest BCUT2D eigenvalue weighted by Crippen LogP contribution is -2.41. The number of carbonyl (C=O) groups excluding carboxylic acids is 1. The van der Waals surface area contributed by atoms with Gasteiger partial charge in [-0.3, -0.25) is 14.4 Å². The number of aryl methyl sites for hydroxylation is 1. The number of fused-ring (bicyclic) bond motifs is 1. The Balaban J connectivity index is 1.53. The quantitative estimate of drug-likeness (QED) is 0.720. The molecule has 0 radical (unpaired) electrons. The molecule has 0 bridgehead atoms. The van der Waals surface area contributed by atoms with Gasteiger partial charge in [-0.1, -0.05) is 30.3 Å². The molecule has 0 fully saturated rings. The lowest BCUT2D eigenvalue weighted by molar-refractivity contribution is 0.0960. The number of hydrogen-bond donors (Lipinski definition) is 0. The van der Waals surface area contributed by atoms with Crippen LogP contribution in [-0.4, -0.2) is 32.2 Å². The topological polar surface area (TPSA) is 73.1 Å². The van der Waals surface area contributed by atoms with Crippen LogP contribution in [0.2, 0.25) is 0 Å². The Morgan fingerprint density at radius 2 is 2.04 bits per heavy atom. The van der Waals surface area contributed by atoms with Crippen LogP contribution in [0.5, 0.6) is 5.88 Å². The van der Waals surface area contributed by atoms with Crippen molar-refractivity contribution >= 4 is 11.9 Å². The van der Waals surface area contributed by atoms with Crippen LogP contribution < -0.4 is 9.64 Å². The smallest absolute Gasteiger partial charge is 0.279 e. The summed E-state index contributed by atoms with van der Waals surface area (Å²) in [6.07, 6.45) is 1.07. The maximum Gasteiger partial charge on any atom is 0.279 e. The highest BCUT2D eigenvalue weighted by Crippen LogP contribution is 2.22. The number of carbonyl (C=O) groups is 1. The van der Waals surface area contributed by atoms with E-state index >= 15 is 0 Å². The molecule has 1 amide bonds. The Labute approximate surface area is 149 Å². The van der Waals surface area contributed by atoms with Gasteiger partial charge in [-0.05, 0) is 12.5 Å². The molecule has 0 N–H and O–H groups in total. The molecule has 0 spiro atoms. The molecule has 26 heavy (non-hydrogen) atoms. The molecule has 4 rings (SSSR count). The molecular formula is C18H16FN5O2. The van der Waals surface area contributed by atoms with Gasteiger partial charge < -0.3 is 4.74 Å². The normalized spacial score (nSPS) is 13.6.